The molecular weight excluding hydrogens is 486 g/mol. The number of carbonyl (C=O) groups is 1. The smallest absolute Gasteiger partial charge is 0.269 e. The van der Waals surface area contributed by atoms with E-state index in [-0.39, 0.29) is 16.5 Å². The number of nitro groups is 1. The van der Waals surface area contributed by atoms with E-state index >= 15 is 0 Å². The fraction of sp³-hybridized carbons (Fsp3) is 0.423. The molecule has 0 unspecified atom stereocenters. The Morgan fingerprint density at radius 1 is 1.00 bits per heavy atom. The summed E-state index contributed by atoms with van der Waals surface area (Å²) in [6, 6.07) is 8.74. The topological polar surface area (TPSA) is 128 Å². The van der Waals surface area contributed by atoms with E-state index in [1.54, 1.807) is 16.6 Å². The zero-order valence-electron chi connectivity index (χ0n) is 22.1. The van der Waals surface area contributed by atoms with Crippen molar-refractivity contribution < 1.29 is 9.72 Å². The van der Waals surface area contributed by atoms with Crippen LogP contribution in [0.3, 0.4) is 0 Å². The van der Waals surface area contributed by atoms with Crippen LogP contribution in [0.1, 0.15) is 40.3 Å². The predicted molar refractivity (Wildman–Crippen MR) is 140 cm³/mol. The first-order valence-corrected chi connectivity index (χ1v) is 12.7. The van der Waals surface area contributed by atoms with Crippen molar-refractivity contribution in [1.29, 1.82) is 0 Å². The van der Waals surface area contributed by atoms with Gasteiger partial charge in [0, 0.05) is 57.0 Å². The molecule has 0 spiro atoms. The Kier molecular flexibility index (Phi) is 6.89. The summed E-state index contributed by atoms with van der Waals surface area (Å²) in [5, 5.41) is 28.5. The number of rotatable bonds is 7. The van der Waals surface area contributed by atoms with Gasteiger partial charge in [0.25, 0.3) is 5.69 Å². The van der Waals surface area contributed by atoms with Gasteiger partial charge < -0.3 is 4.90 Å². The molecule has 1 amide bonds. The average molecular weight is 518 g/mol. The zero-order valence-corrected chi connectivity index (χ0v) is 22.1. The summed E-state index contributed by atoms with van der Waals surface area (Å²) in [4.78, 5) is 27.9. The van der Waals surface area contributed by atoms with Crippen LogP contribution in [0.4, 0.5) is 5.69 Å². The van der Waals surface area contributed by atoms with Gasteiger partial charge in [-0.25, -0.2) is 4.68 Å². The van der Waals surface area contributed by atoms with Crippen molar-refractivity contribution in [3.05, 3.63) is 74.3 Å². The summed E-state index contributed by atoms with van der Waals surface area (Å²) in [6.45, 7) is 11.3. The predicted octanol–water partition coefficient (Wildman–Crippen LogP) is 2.73. The Morgan fingerprint density at radius 3 is 2.47 bits per heavy atom. The van der Waals surface area contributed by atoms with Crippen molar-refractivity contribution >= 4 is 17.2 Å². The molecule has 38 heavy (non-hydrogen) atoms. The van der Waals surface area contributed by atoms with E-state index in [2.05, 4.69) is 20.2 Å². The van der Waals surface area contributed by atoms with Crippen molar-refractivity contribution in [3.8, 4) is 5.82 Å². The number of nitrogens with zero attached hydrogens (tertiary/aromatic N) is 9. The molecule has 0 saturated carbocycles. The fourth-order valence-corrected chi connectivity index (χ4v) is 5.02. The molecule has 1 aliphatic heterocycles. The number of carbonyl (C=O) groups excluding carboxylic acids is 1. The van der Waals surface area contributed by atoms with Gasteiger partial charge in [0.05, 0.1) is 10.6 Å². The van der Waals surface area contributed by atoms with Crippen LogP contribution in [0, 0.1) is 37.8 Å². The summed E-state index contributed by atoms with van der Waals surface area (Å²) in [6.07, 6.45) is 1.04. The van der Waals surface area contributed by atoms with Gasteiger partial charge in [-0.05, 0) is 62.9 Å². The first-order chi connectivity index (χ1) is 18.2. The summed E-state index contributed by atoms with van der Waals surface area (Å²) in [5.41, 5.74) is 5.70. The van der Waals surface area contributed by atoms with Gasteiger partial charge in [0.1, 0.15) is 0 Å². The SMILES string of the molecule is Cc1cc([N+](=O)[O-])ccc1CN1CCN(C(=O)CCc2c(C)nn(-c3ccc4nnc(C)n4n3)c2C)CC1. The number of hydrogen-bond donors (Lipinski definition) is 0. The van der Waals surface area contributed by atoms with E-state index in [9.17, 15) is 14.9 Å². The van der Waals surface area contributed by atoms with Gasteiger partial charge in [0.15, 0.2) is 17.3 Å². The number of nitro benzene ring substituents is 1. The first kappa shape index (κ1) is 25.5. The maximum Gasteiger partial charge on any atom is 0.269 e. The summed E-state index contributed by atoms with van der Waals surface area (Å²) >= 11 is 0. The third-order valence-corrected chi connectivity index (χ3v) is 7.31. The Bertz CT molecular complexity index is 1520. The van der Waals surface area contributed by atoms with Crippen molar-refractivity contribution in [2.75, 3.05) is 26.2 Å². The molecule has 0 radical (unpaired) electrons. The maximum atomic E-state index is 13.0. The normalized spacial score (nSPS) is 14.4. The molecule has 12 nitrogen and oxygen atoms in total. The Labute approximate surface area is 220 Å². The summed E-state index contributed by atoms with van der Waals surface area (Å²) in [7, 11) is 0. The minimum absolute atomic E-state index is 0.112. The van der Waals surface area contributed by atoms with Crippen LogP contribution in [-0.2, 0) is 17.8 Å². The Hall–Kier alpha value is -4.19. The third-order valence-electron chi connectivity index (χ3n) is 7.31. The van der Waals surface area contributed by atoms with E-state index in [1.165, 1.54) is 0 Å². The molecule has 0 bridgehead atoms. The summed E-state index contributed by atoms with van der Waals surface area (Å²) in [5.74, 6) is 1.53. The highest BCUT2D eigenvalue weighted by Gasteiger charge is 2.23. The molecule has 4 aromatic rings. The molecule has 4 heterocycles. The summed E-state index contributed by atoms with van der Waals surface area (Å²) < 4.78 is 3.50. The average Bonchev–Trinajstić information content (AvgIpc) is 3.41. The number of fused-ring (bicyclic) bond motifs is 1. The Morgan fingerprint density at radius 2 is 1.76 bits per heavy atom. The number of aryl methyl sites for hydroxylation is 3. The first-order valence-electron chi connectivity index (χ1n) is 12.7. The van der Waals surface area contributed by atoms with Gasteiger partial charge in [-0.2, -0.15) is 9.61 Å². The quantitative estimate of drug-likeness (QED) is 0.270. The highest BCUT2D eigenvalue weighted by atomic mass is 16.6. The minimum Gasteiger partial charge on any atom is -0.340 e. The van der Waals surface area contributed by atoms with Gasteiger partial charge in [-0.1, -0.05) is 6.07 Å². The highest BCUT2D eigenvalue weighted by Crippen LogP contribution is 2.21. The van der Waals surface area contributed by atoms with E-state index in [1.807, 2.05) is 55.5 Å². The third kappa shape index (κ3) is 4.99. The van der Waals surface area contributed by atoms with Crippen molar-refractivity contribution in [3.63, 3.8) is 0 Å². The highest BCUT2D eigenvalue weighted by molar-refractivity contribution is 5.76. The van der Waals surface area contributed by atoms with E-state index in [0.717, 1.165) is 47.7 Å². The molecule has 1 aromatic carbocycles. The van der Waals surface area contributed by atoms with Crippen molar-refractivity contribution in [2.45, 2.75) is 47.1 Å². The molecule has 0 N–H and O–H groups in total. The van der Waals surface area contributed by atoms with E-state index < -0.39 is 0 Å². The number of amides is 1. The van der Waals surface area contributed by atoms with E-state index in [0.29, 0.717) is 43.2 Å². The number of non-ortho nitro benzene ring substituents is 1. The maximum absolute atomic E-state index is 13.0. The molecule has 1 aliphatic rings. The van der Waals surface area contributed by atoms with Gasteiger partial charge >= 0.3 is 0 Å². The van der Waals surface area contributed by atoms with Crippen LogP contribution in [0.15, 0.2) is 30.3 Å². The molecule has 1 saturated heterocycles. The van der Waals surface area contributed by atoms with Crippen LogP contribution in [-0.4, -0.2) is 76.4 Å². The van der Waals surface area contributed by atoms with Crippen LogP contribution < -0.4 is 0 Å². The molecule has 198 valence electrons. The van der Waals surface area contributed by atoms with Crippen LogP contribution in [0.5, 0.6) is 0 Å². The molecular formula is C26H31N9O3. The molecule has 5 rings (SSSR count). The second-order valence-electron chi connectivity index (χ2n) is 9.79. The lowest BCUT2D eigenvalue weighted by molar-refractivity contribution is -0.384. The van der Waals surface area contributed by atoms with Gasteiger partial charge in [-0.15, -0.1) is 15.3 Å². The van der Waals surface area contributed by atoms with Crippen molar-refractivity contribution in [2.24, 2.45) is 0 Å². The van der Waals surface area contributed by atoms with Crippen LogP contribution in [0.25, 0.3) is 11.5 Å². The lowest BCUT2D eigenvalue weighted by Crippen LogP contribution is -2.48. The number of piperazine rings is 1. The standard InChI is InChI=1S/C26H31N9O3/c1-17-15-22(35(37)38)6-5-21(17)16-31-11-13-32(14-12-31)26(36)10-7-23-18(2)29-33(19(23)3)25-9-8-24-28-27-20(4)34(24)30-25/h5-6,8-9,15H,7,10-14,16H2,1-4H3. The fourth-order valence-electron chi connectivity index (χ4n) is 5.02. The monoisotopic (exact) mass is 517 g/mol. The molecule has 0 atom stereocenters. The van der Waals surface area contributed by atoms with Crippen LogP contribution in [0.2, 0.25) is 0 Å². The van der Waals surface area contributed by atoms with E-state index in [4.69, 9.17) is 5.10 Å². The molecule has 1 fully saturated rings. The Balaban J connectivity index is 1.17. The molecule has 0 aliphatic carbocycles. The number of hydrogen-bond acceptors (Lipinski definition) is 8. The lowest BCUT2D eigenvalue weighted by Gasteiger charge is -2.35. The number of aromatic nitrogens is 6. The second kappa shape index (κ2) is 10.3. The zero-order chi connectivity index (χ0) is 27.0. The minimum atomic E-state index is -0.370. The van der Waals surface area contributed by atoms with Gasteiger partial charge in [0.2, 0.25) is 5.91 Å². The van der Waals surface area contributed by atoms with Crippen molar-refractivity contribution in [1.82, 2.24) is 39.4 Å². The lowest BCUT2D eigenvalue weighted by atomic mass is 10.1. The molecule has 3 aromatic heterocycles. The molecule has 12 heteroatoms. The largest absolute Gasteiger partial charge is 0.340 e. The second-order valence-corrected chi connectivity index (χ2v) is 9.79. The van der Waals surface area contributed by atoms with Crippen LogP contribution >= 0.6 is 0 Å². The number of benzene rings is 1. The van der Waals surface area contributed by atoms with Gasteiger partial charge in [-0.3, -0.25) is 19.8 Å².